The lowest BCUT2D eigenvalue weighted by Gasteiger charge is -2.27. The molecule has 0 spiro atoms. The topological polar surface area (TPSA) is 50.3 Å². The highest BCUT2D eigenvalue weighted by Crippen LogP contribution is 2.17. The van der Waals surface area contributed by atoms with E-state index in [1.807, 2.05) is 6.20 Å². The van der Waals surface area contributed by atoms with Gasteiger partial charge in [0, 0.05) is 50.2 Å². The fourth-order valence-electron chi connectivity index (χ4n) is 2.57. The van der Waals surface area contributed by atoms with Crippen LogP contribution in [0.4, 0.5) is 5.95 Å². The molecule has 1 unspecified atom stereocenters. The fourth-order valence-corrected chi connectivity index (χ4v) is 2.57. The van der Waals surface area contributed by atoms with Crippen molar-refractivity contribution in [2.45, 2.75) is 46.2 Å². The minimum absolute atomic E-state index is 0.470. The Morgan fingerprint density at radius 2 is 2.29 bits per heavy atom. The molecule has 1 N–H and O–H groups in total. The molecule has 0 bridgehead atoms. The van der Waals surface area contributed by atoms with Gasteiger partial charge in [-0.1, -0.05) is 13.8 Å². The third-order valence-electron chi connectivity index (χ3n) is 3.90. The van der Waals surface area contributed by atoms with Crippen LogP contribution in [0.1, 0.15) is 37.9 Å². The van der Waals surface area contributed by atoms with Crippen molar-refractivity contribution < 1.29 is 4.74 Å². The van der Waals surface area contributed by atoms with E-state index in [-0.39, 0.29) is 0 Å². The van der Waals surface area contributed by atoms with Gasteiger partial charge in [-0.3, -0.25) is 0 Å². The molecule has 0 aliphatic carbocycles. The van der Waals surface area contributed by atoms with E-state index in [0.29, 0.717) is 12.0 Å². The summed E-state index contributed by atoms with van der Waals surface area (Å²) < 4.78 is 5.54. The van der Waals surface area contributed by atoms with Crippen LogP contribution in [0.5, 0.6) is 0 Å². The van der Waals surface area contributed by atoms with Gasteiger partial charge in [-0.25, -0.2) is 9.97 Å². The summed E-state index contributed by atoms with van der Waals surface area (Å²) in [5, 5.41) is 3.41. The van der Waals surface area contributed by atoms with Crippen molar-refractivity contribution in [1.82, 2.24) is 15.3 Å². The van der Waals surface area contributed by atoms with E-state index in [2.05, 4.69) is 48.0 Å². The molecule has 21 heavy (non-hydrogen) atoms. The number of aryl methyl sites for hydroxylation is 1. The lowest BCUT2D eigenvalue weighted by molar-refractivity contribution is 0.0575. The monoisotopic (exact) mass is 292 g/mol. The number of nitrogens with zero attached hydrogens (tertiary/aromatic N) is 3. The number of anilines is 1. The van der Waals surface area contributed by atoms with Gasteiger partial charge >= 0.3 is 0 Å². The van der Waals surface area contributed by atoms with Crippen molar-refractivity contribution in [3.05, 3.63) is 17.5 Å². The van der Waals surface area contributed by atoms with E-state index in [1.54, 1.807) is 0 Å². The van der Waals surface area contributed by atoms with E-state index in [4.69, 9.17) is 4.74 Å². The second-order valence-corrected chi connectivity index (χ2v) is 6.28. The Bertz CT molecular complexity index is 444. The van der Waals surface area contributed by atoms with Crippen LogP contribution in [0, 0.1) is 12.8 Å². The molecule has 0 aromatic carbocycles. The lowest BCUT2D eigenvalue weighted by atomic mass is 10.0. The minimum Gasteiger partial charge on any atom is -0.381 e. The molecule has 5 nitrogen and oxygen atoms in total. The maximum atomic E-state index is 5.54. The SMILES string of the molecule is Cc1nc(N(C)CC2CCCOC2)ncc1CNC(C)C. The molecule has 0 saturated carbocycles. The van der Waals surface area contributed by atoms with Crippen LogP contribution in [-0.4, -0.2) is 42.8 Å². The summed E-state index contributed by atoms with van der Waals surface area (Å²) in [6, 6.07) is 0.470. The zero-order valence-corrected chi connectivity index (χ0v) is 13.7. The molecule has 1 aromatic rings. The highest BCUT2D eigenvalue weighted by molar-refractivity contribution is 5.32. The Balaban J connectivity index is 1.94. The normalized spacial score (nSPS) is 19.0. The van der Waals surface area contributed by atoms with Gasteiger partial charge in [0.15, 0.2) is 0 Å². The Hall–Kier alpha value is -1.20. The lowest BCUT2D eigenvalue weighted by Crippen LogP contribution is -2.32. The second kappa shape index (κ2) is 7.71. The van der Waals surface area contributed by atoms with Crippen LogP contribution >= 0.6 is 0 Å². The number of rotatable bonds is 6. The predicted octanol–water partition coefficient (Wildman–Crippen LogP) is 2.15. The van der Waals surface area contributed by atoms with E-state index in [9.17, 15) is 0 Å². The quantitative estimate of drug-likeness (QED) is 0.870. The van der Waals surface area contributed by atoms with E-state index in [1.165, 1.54) is 12.0 Å². The molecular weight excluding hydrogens is 264 g/mol. The maximum absolute atomic E-state index is 5.54. The molecule has 1 fully saturated rings. The molecular formula is C16H28N4O. The number of hydrogen-bond acceptors (Lipinski definition) is 5. The van der Waals surface area contributed by atoms with Crippen molar-refractivity contribution in [2.24, 2.45) is 5.92 Å². The summed E-state index contributed by atoms with van der Waals surface area (Å²) in [6.07, 6.45) is 4.35. The molecule has 2 rings (SSSR count). The molecule has 2 heterocycles. The van der Waals surface area contributed by atoms with Crippen molar-refractivity contribution in [2.75, 3.05) is 31.7 Å². The van der Waals surface area contributed by atoms with Crippen molar-refractivity contribution in [3.63, 3.8) is 0 Å². The minimum atomic E-state index is 0.470. The third-order valence-corrected chi connectivity index (χ3v) is 3.90. The van der Waals surface area contributed by atoms with E-state index >= 15 is 0 Å². The van der Waals surface area contributed by atoms with Gasteiger partial charge in [0.2, 0.25) is 5.95 Å². The Labute approximate surface area is 128 Å². The standard InChI is InChI=1S/C16H28N4O/c1-12(2)17-8-15-9-18-16(19-13(15)3)20(4)10-14-6-5-7-21-11-14/h9,12,14,17H,5-8,10-11H2,1-4H3. The first kappa shape index (κ1) is 16.2. The molecule has 1 aromatic heterocycles. The molecule has 1 atom stereocenters. The van der Waals surface area contributed by atoms with Gasteiger partial charge in [-0.15, -0.1) is 0 Å². The zero-order chi connectivity index (χ0) is 15.2. The first-order valence-electron chi connectivity index (χ1n) is 7.91. The molecule has 0 radical (unpaired) electrons. The predicted molar refractivity (Wildman–Crippen MR) is 85.6 cm³/mol. The van der Waals surface area contributed by atoms with Crippen LogP contribution in [0.15, 0.2) is 6.20 Å². The first-order chi connectivity index (χ1) is 10.1. The Morgan fingerprint density at radius 1 is 1.48 bits per heavy atom. The molecule has 5 heteroatoms. The third kappa shape index (κ3) is 4.93. The Morgan fingerprint density at radius 3 is 2.90 bits per heavy atom. The second-order valence-electron chi connectivity index (χ2n) is 6.28. The van der Waals surface area contributed by atoms with Crippen molar-refractivity contribution in [1.29, 1.82) is 0 Å². The number of aromatic nitrogens is 2. The highest BCUT2D eigenvalue weighted by atomic mass is 16.5. The zero-order valence-electron chi connectivity index (χ0n) is 13.7. The molecule has 1 aliphatic heterocycles. The van der Waals surface area contributed by atoms with Crippen LogP contribution in [0.25, 0.3) is 0 Å². The largest absolute Gasteiger partial charge is 0.381 e. The van der Waals surface area contributed by atoms with Crippen molar-refractivity contribution in [3.8, 4) is 0 Å². The molecule has 0 amide bonds. The fraction of sp³-hybridized carbons (Fsp3) is 0.750. The van der Waals surface area contributed by atoms with Crippen molar-refractivity contribution >= 4 is 5.95 Å². The first-order valence-corrected chi connectivity index (χ1v) is 7.91. The van der Waals surface area contributed by atoms with E-state index < -0.39 is 0 Å². The number of nitrogens with one attached hydrogen (secondary N) is 1. The summed E-state index contributed by atoms with van der Waals surface area (Å²) in [5.74, 6) is 1.40. The average molecular weight is 292 g/mol. The summed E-state index contributed by atoms with van der Waals surface area (Å²) in [5.41, 5.74) is 2.22. The summed E-state index contributed by atoms with van der Waals surface area (Å²) >= 11 is 0. The van der Waals surface area contributed by atoms with Gasteiger partial charge in [0.25, 0.3) is 0 Å². The maximum Gasteiger partial charge on any atom is 0.225 e. The van der Waals surface area contributed by atoms with E-state index in [0.717, 1.165) is 44.4 Å². The number of hydrogen-bond donors (Lipinski definition) is 1. The van der Waals surface area contributed by atoms with Gasteiger partial charge in [-0.2, -0.15) is 0 Å². The summed E-state index contributed by atoms with van der Waals surface area (Å²) in [4.78, 5) is 11.3. The Kier molecular flexibility index (Phi) is 5.94. The number of ether oxygens (including phenoxy) is 1. The molecule has 1 saturated heterocycles. The van der Waals surface area contributed by atoms with Gasteiger partial charge in [0.05, 0.1) is 6.61 Å². The van der Waals surface area contributed by atoms with Gasteiger partial charge < -0.3 is 15.0 Å². The van der Waals surface area contributed by atoms with Crippen LogP contribution in [0.2, 0.25) is 0 Å². The average Bonchev–Trinajstić information content (AvgIpc) is 2.46. The van der Waals surface area contributed by atoms with Gasteiger partial charge in [0.1, 0.15) is 0 Å². The smallest absolute Gasteiger partial charge is 0.225 e. The van der Waals surface area contributed by atoms with Crippen LogP contribution in [0.3, 0.4) is 0 Å². The van der Waals surface area contributed by atoms with Gasteiger partial charge in [-0.05, 0) is 25.7 Å². The van der Waals surface area contributed by atoms with Crippen LogP contribution < -0.4 is 10.2 Å². The molecule has 1 aliphatic rings. The molecule has 118 valence electrons. The van der Waals surface area contributed by atoms with Crippen LogP contribution in [-0.2, 0) is 11.3 Å². The summed E-state index contributed by atoms with van der Waals surface area (Å²) in [6.45, 7) is 9.90. The highest BCUT2D eigenvalue weighted by Gasteiger charge is 2.17. The summed E-state index contributed by atoms with van der Waals surface area (Å²) in [7, 11) is 2.06.